The van der Waals surface area contributed by atoms with Gasteiger partial charge in [-0.05, 0) is 13.3 Å². The Kier molecular flexibility index (Phi) is 4.65. The van der Waals surface area contributed by atoms with E-state index >= 15 is 0 Å². The maximum atomic E-state index is 10.6. The van der Waals surface area contributed by atoms with Crippen LogP contribution >= 0.6 is 0 Å². The lowest BCUT2D eigenvalue weighted by Crippen LogP contribution is -2.44. The fourth-order valence-corrected chi connectivity index (χ4v) is 2.71. The van der Waals surface area contributed by atoms with Gasteiger partial charge in [0.05, 0.1) is 19.5 Å². The summed E-state index contributed by atoms with van der Waals surface area (Å²) in [5, 5.41) is 30.0. The lowest BCUT2D eigenvalue weighted by atomic mass is 9.96. The summed E-state index contributed by atoms with van der Waals surface area (Å²) >= 11 is 0. The Morgan fingerprint density at radius 2 is 2.21 bits per heavy atom. The van der Waals surface area contributed by atoms with Crippen molar-refractivity contribution in [1.82, 2.24) is 19.5 Å². The van der Waals surface area contributed by atoms with Gasteiger partial charge < -0.3 is 20.1 Å². The van der Waals surface area contributed by atoms with Gasteiger partial charge in [0.15, 0.2) is 23.2 Å². The zero-order chi connectivity index (χ0) is 17.3. The number of hydrogen-bond acceptors (Lipinski definition) is 9. The number of nitrogens with zero attached hydrogens (tertiary/aromatic N) is 4. The number of ether oxygens (including phenoxy) is 1. The molecular formula is C14H21N5O5. The van der Waals surface area contributed by atoms with Crippen LogP contribution < -0.4 is 5.48 Å². The Balaban J connectivity index is 1.95. The Morgan fingerprint density at radius 1 is 1.42 bits per heavy atom. The molecule has 1 aliphatic heterocycles. The number of aliphatic hydroxyl groups is 3. The van der Waals surface area contributed by atoms with Crippen LogP contribution in [-0.2, 0) is 9.57 Å². The van der Waals surface area contributed by atoms with Gasteiger partial charge in [-0.3, -0.25) is 9.40 Å². The van der Waals surface area contributed by atoms with E-state index in [9.17, 15) is 15.3 Å². The average molecular weight is 339 g/mol. The molecule has 10 nitrogen and oxygen atoms in total. The van der Waals surface area contributed by atoms with Crippen LogP contribution in [0.3, 0.4) is 0 Å². The maximum Gasteiger partial charge on any atom is 0.181 e. The highest BCUT2D eigenvalue weighted by atomic mass is 16.6. The molecule has 0 amide bonds. The molecule has 0 spiro atoms. The van der Waals surface area contributed by atoms with Crippen LogP contribution in [0.5, 0.6) is 0 Å². The summed E-state index contributed by atoms with van der Waals surface area (Å²) in [5.74, 6) is 0.393. The molecule has 1 aliphatic rings. The van der Waals surface area contributed by atoms with Gasteiger partial charge in [0.25, 0.3) is 0 Å². The molecule has 0 saturated carbocycles. The first-order chi connectivity index (χ1) is 11.5. The van der Waals surface area contributed by atoms with Gasteiger partial charge in [0.2, 0.25) is 0 Å². The smallest absolute Gasteiger partial charge is 0.181 e. The van der Waals surface area contributed by atoms with E-state index in [0.29, 0.717) is 23.6 Å². The van der Waals surface area contributed by atoms with Crippen LogP contribution in [0.2, 0.25) is 0 Å². The lowest BCUT2D eigenvalue weighted by Gasteiger charge is -2.27. The van der Waals surface area contributed by atoms with Gasteiger partial charge in [-0.2, -0.15) is 0 Å². The van der Waals surface area contributed by atoms with Crippen LogP contribution in [0.15, 0.2) is 12.7 Å². The van der Waals surface area contributed by atoms with Crippen molar-refractivity contribution in [2.45, 2.75) is 44.3 Å². The molecule has 4 unspecified atom stereocenters. The van der Waals surface area contributed by atoms with Gasteiger partial charge in [-0.25, -0.2) is 20.4 Å². The molecule has 3 rings (SSSR count). The molecule has 4 N–H and O–H groups in total. The third kappa shape index (κ3) is 2.72. The van der Waals surface area contributed by atoms with Crippen LogP contribution in [0.25, 0.3) is 11.2 Å². The largest absolute Gasteiger partial charge is 0.394 e. The summed E-state index contributed by atoms with van der Waals surface area (Å²) in [6, 6.07) is 0. The van der Waals surface area contributed by atoms with Crippen LogP contribution in [0.4, 0.5) is 5.82 Å². The van der Waals surface area contributed by atoms with E-state index in [0.717, 1.165) is 6.42 Å². The van der Waals surface area contributed by atoms with E-state index in [1.165, 1.54) is 24.1 Å². The van der Waals surface area contributed by atoms with E-state index in [1.54, 1.807) is 0 Å². The Hall–Kier alpha value is -1.85. The van der Waals surface area contributed by atoms with E-state index in [1.807, 2.05) is 6.92 Å². The highest BCUT2D eigenvalue weighted by Crippen LogP contribution is 2.39. The molecule has 2 aromatic rings. The number of anilines is 1. The zero-order valence-corrected chi connectivity index (χ0v) is 13.5. The zero-order valence-electron chi connectivity index (χ0n) is 13.5. The molecule has 3 heterocycles. The molecule has 1 fully saturated rings. The molecule has 24 heavy (non-hydrogen) atoms. The number of imidazole rings is 1. The van der Waals surface area contributed by atoms with Crippen LogP contribution in [0.1, 0.15) is 26.5 Å². The van der Waals surface area contributed by atoms with Gasteiger partial charge >= 0.3 is 0 Å². The molecule has 4 atom stereocenters. The summed E-state index contributed by atoms with van der Waals surface area (Å²) in [7, 11) is 0. The fraction of sp³-hybridized carbons (Fsp3) is 0.643. The number of fused-ring (bicyclic) bond motifs is 1. The highest BCUT2D eigenvalue weighted by Gasteiger charge is 2.53. The second-order valence-electron chi connectivity index (χ2n) is 5.88. The van der Waals surface area contributed by atoms with E-state index in [-0.39, 0.29) is 0 Å². The van der Waals surface area contributed by atoms with Crippen molar-refractivity contribution < 1.29 is 24.9 Å². The summed E-state index contributed by atoms with van der Waals surface area (Å²) in [6.07, 6.45) is 0.535. The summed E-state index contributed by atoms with van der Waals surface area (Å²) in [6.45, 7) is 3.52. The lowest BCUT2D eigenvalue weighted by molar-refractivity contribution is -0.0950. The molecule has 0 radical (unpaired) electrons. The first kappa shape index (κ1) is 17.0. The number of aliphatic hydroxyl groups excluding tert-OH is 2. The Morgan fingerprint density at radius 3 is 2.88 bits per heavy atom. The van der Waals surface area contributed by atoms with Crippen molar-refractivity contribution >= 4 is 17.0 Å². The third-order valence-corrected chi connectivity index (χ3v) is 4.02. The minimum Gasteiger partial charge on any atom is -0.394 e. The van der Waals surface area contributed by atoms with Crippen molar-refractivity contribution in [2.75, 3.05) is 18.7 Å². The molecular weight excluding hydrogens is 318 g/mol. The van der Waals surface area contributed by atoms with Crippen molar-refractivity contribution in [1.29, 1.82) is 0 Å². The molecule has 1 saturated heterocycles. The molecule has 0 bridgehead atoms. The third-order valence-electron chi connectivity index (χ3n) is 4.02. The first-order valence-electron chi connectivity index (χ1n) is 7.72. The summed E-state index contributed by atoms with van der Waals surface area (Å²) < 4.78 is 7.09. The van der Waals surface area contributed by atoms with Crippen molar-refractivity contribution in [3.8, 4) is 0 Å². The minimum absolute atomic E-state index is 0.393. The number of rotatable bonds is 6. The highest BCUT2D eigenvalue weighted by molar-refractivity contribution is 5.82. The molecule has 0 aromatic carbocycles. The summed E-state index contributed by atoms with van der Waals surface area (Å²) in [5.41, 5.74) is 1.96. The molecule has 132 valence electrons. The topological polar surface area (TPSA) is 135 Å². The predicted octanol–water partition coefficient (Wildman–Crippen LogP) is -0.419. The van der Waals surface area contributed by atoms with Crippen molar-refractivity contribution in [2.24, 2.45) is 0 Å². The summed E-state index contributed by atoms with van der Waals surface area (Å²) in [4.78, 5) is 17.8. The molecule has 0 aliphatic carbocycles. The molecule has 2 aromatic heterocycles. The van der Waals surface area contributed by atoms with Gasteiger partial charge in [-0.1, -0.05) is 6.92 Å². The predicted molar refractivity (Wildman–Crippen MR) is 82.8 cm³/mol. The first-order valence-corrected chi connectivity index (χ1v) is 7.72. The van der Waals surface area contributed by atoms with E-state index < -0.39 is 30.6 Å². The van der Waals surface area contributed by atoms with E-state index in [2.05, 4.69) is 20.4 Å². The SMILES string of the molecule is CCCONc1ncnc2c1ncn2C1OC(CO)C(O)C1(C)O. The molecule has 10 heteroatoms. The second-order valence-corrected chi connectivity index (χ2v) is 5.88. The minimum atomic E-state index is -1.61. The maximum absolute atomic E-state index is 10.6. The fourth-order valence-electron chi connectivity index (χ4n) is 2.71. The van der Waals surface area contributed by atoms with Crippen LogP contribution in [0, 0.1) is 0 Å². The van der Waals surface area contributed by atoms with Gasteiger partial charge in [0.1, 0.15) is 24.1 Å². The average Bonchev–Trinajstić information content (AvgIpc) is 3.08. The van der Waals surface area contributed by atoms with Crippen molar-refractivity contribution in [3.05, 3.63) is 12.7 Å². The second kappa shape index (κ2) is 6.57. The number of aromatic nitrogens is 4. The number of hydrogen-bond donors (Lipinski definition) is 4. The van der Waals surface area contributed by atoms with Gasteiger partial charge in [-0.15, -0.1) is 0 Å². The number of nitrogens with one attached hydrogen (secondary N) is 1. The van der Waals surface area contributed by atoms with Gasteiger partial charge in [0, 0.05) is 0 Å². The normalized spacial score (nSPS) is 30.1. The van der Waals surface area contributed by atoms with E-state index in [4.69, 9.17) is 9.57 Å². The van der Waals surface area contributed by atoms with Crippen LogP contribution in [-0.4, -0.2) is 65.9 Å². The quantitative estimate of drug-likeness (QED) is 0.409. The van der Waals surface area contributed by atoms with Crippen molar-refractivity contribution in [3.63, 3.8) is 0 Å². The monoisotopic (exact) mass is 339 g/mol. The Labute approximate surface area is 138 Å². The Bertz CT molecular complexity index is 706. The standard InChI is InChI=1S/C14H21N5O5/c1-3-4-23-18-11-9-12(16-6-15-11)19(7-17-9)13-14(2,22)10(21)8(5-20)24-13/h6-8,10,13,20-22H,3-5H2,1-2H3,(H,15,16,18).